The van der Waals surface area contributed by atoms with Crippen LogP contribution in [0.5, 0.6) is 0 Å². The van der Waals surface area contributed by atoms with Crippen LogP contribution in [0.15, 0.2) is 36.7 Å². The summed E-state index contributed by atoms with van der Waals surface area (Å²) in [6.45, 7) is 0. The number of rotatable bonds is 2. The molecule has 0 saturated heterocycles. The van der Waals surface area contributed by atoms with Crippen molar-refractivity contribution < 1.29 is 19.2 Å². The lowest BCUT2D eigenvalue weighted by molar-refractivity contribution is -0.0584. The maximum absolute atomic E-state index is 12.0. The van der Waals surface area contributed by atoms with Crippen LogP contribution in [0.25, 0.3) is 0 Å². The minimum Gasteiger partial charge on any atom is -0.324 e. The number of fused-ring (bicyclic) bond motifs is 1. The molecule has 0 bridgehead atoms. The van der Waals surface area contributed by atoms with E-state index in [4.69, 9.17) is 4.84 Å². The van der Waals surface area contributed by atoms with Crippen LogP contribution in [0.2, 0.25) is 0 Å². The van der Waals surface area contributed by atoms with E-state index in [-0.39, 0.29) is 16.7 Å². The number of amides is 2. The molecule has 0 saturated carbocycles. The molecule has 20 heavy (non-hydrogen) atoms. The second-order valence-electron chi connectivity index (χ2n) is 4.23. The molecule has 1 aliphatic rings. The van der Waals surface area contributed by atoms with Crippen LogP contribution >= 0.6 is 0 Å². The Labute approximate surface area is 113 Å². The van der Waals surface area contributed by atoms with Crippen LogP contribution in [0.4, 0.5) is 0 Å². The third-order valence-electron chi connectivity index (χ3n) is 2.87. The van der Waals surface area contributed by atoms with Gasteiger partial charge in [-0.25, -0.2) is 4.79 Å². The Morgan fingerprint density at radius 3 is 2.25 bits per heavy atom. The highest BCUT2D eigenvalue weighted by molar-refractivity contribution is 6.21. The molecule has 0 radical (unpaired) electrons. The van der Waals surface area contributed by atoms with E-state index in [2.05, 4.69) is 5.10 Å². The number of hydrogen-bond acceptors (Lipinski definition) is 5. The van der Waals surface area contributed by atoms with Gasteiger partial charge >= 0.3 is 5.97 Å². The van der Waals surface area contributed by atoms with Gasteiger partial charge in [-0.15, -0.1) is 0 Å². The Morgan fingerprint density at radius 1 is 1.15 bits per heavy atom. The quantitative estimate of drug-likeness (QED) is 0.754. The maximum Gasteiger partial charge on any atom is 0.367 e. The van der Waals surface area contributed by atoms with E-state index in [0.717, 1.165) is 0 Å². The molecule has 0 N–H and O–H groups in total. The topological polar surface area (TPSA) is 81.5 Å². The molecule has 0 aliphatic carbocycles. The van der Waals surface area contributed by atoms with E-state index in [1.807, 2.05) is 0 Å². The van der Waals surface area contributed by atoms with Crippen molar-refractivity contribution in [1.82, 2.24) is 14.8 Å². The SMILES string of the molecule is Cn1cc(C(=O)ON2C(=O)c3ccccc3C2=O)cn1. The van der Waals surface area contributed by atoms with E-state index in [9.17, 15) is 14.4 Å². The molecule has 0 atom stereocenters. The molecule has 0 fully saturated rings. The van der Waals surface area contributed by atoms with Crippen LogP contribution < -0.4 is 0 Å². The van der Waals surface area contributed by atoms with E-state index >= 15 is 0 Å². The van der Waals surface area contributed by atoms with Gasteiger partial charge in [0.15, 0.2) is 0 Å². The van der Waals surface area contributed by atoms with Gasteiger partial charge in [-0.3, -0.25) is 14.3 Å². The van der Waals surface area contributed by atoms with E-state index < -0.39 is 17.8 Å². The molecule has 1 aromatic carbocycles. The molecule has 1 aromatic heterocycles. The standard InChI is InChI=1S/C13H9N3O4/c1-15-7-8(6-14-15)13(19)20-16-11(17)9-4-2-3-5-10(9)12(16)18/h2-7H,1H3. The highest BCUT2D eigenvalue weighted by atomic mass is 16.7. The second kappa shape index (κ2) is 4.30. The van der Waals surface area contributed by atoms with Gasteiger partial charge in [-0.2, -0.15) is 5.10 Å². The summed E-state index contributed by atoms with van der Waals surface area (Å²) in [6.07, 6.45) is 2.72. The Balaban J connectivity index is 1.85. The fourth-order valence-electron chi connectivity index (χ4n) is 1.91. The highest BCUT2D eigenvalue weighted by Crippen LogP contribution is 2.23. The number of imide groups is 1. The minimum atomic E-state index is -0.812. The first-order chi connectivity index (χ1) is 9.58. The number of nitrogens with zero attached hydrogens (tertiary/aromatic N) is 3. The van der Waals surface area contributed by atoms with Crippen molar-refractivity contribution in [1.29, 1.82) is 0 Å². The fourth-order valence-corrected chi connectivity index (χ4v) is 1.91. The molecule has 7 heteroatoms. The van der Waals surface area contributed by atoms with Crippen LogP contribution in [-0.4, -0.2) is 32.6 Å². The molecule has 0 unspecified atom stereocenters. The van der Waals surface area contributed by atoms with E-state index in [1.165, 1.54) is 29.2 Å². The number of hydrogen-bond donors (Lipinski definition) is 0. The summed E-state index contributed by atoms with van der Waals surface area (Å²) >= 11 is 0. The smallest absolute Gasteiger partial charge is 0.324 e. The van der Waals surface area contributed by atoms with Gasteiger partial charge in [0.05, 0.1) is 22.9 Å². The Kier molecular flexibility index (Phi) is 2.60. The lowest BCUT2D eigenvalue weighted by atomic mass is 10.1. The summed E-state index contributed by atoms with van der Waals surface area (Å²) < 4.78 is 1.42. The van der Waals surface area contributed by atoms with Crippen molar-refractivity contribution in [2.45, 2.75) is 0 Å². The zero-order valence-corrected chi connectivity index (χ0v) is 10.4. The molecular formula is C13H9N3O4. The molecule has 2 amide bonds. The summed E-state index contributed by atoms with van der Waals surface area (Å²) in [5, 5.41) is 4.29. The zero-order chi connectivity index (χ0) is 14.3. The van der Waals surface area contributed by atoms with Gasteiger partial charge < -0.3 is 4.84 Å². The summed E-state index contributed by atoms with van der Waals surface area (Å²) in [5.74, 6) is -2.11. The molecule has 1 aliphatic heterocycles. The largest absolute Gasteiger partial charge is 0.367 e. The first-order valence-electron chi connectivity index (χ1n) is 5.76. The second-order valence-corrected chi connectivity index (χ2v) is 4.23. The Bertz CT molecular complexity index is 700. The average molecular weight is 271 g/mol. The van der Waals surface area contributed by atoms with Crippen molar-refractivity contribution in [3.05, 3.63) is 53.3 Å². The molecule has 0 spiro atoms. The molecular weight excluding hydrogens is 262 g/mol. The average Bonchev–Trinajstić information content (AvgIpc) is 2.98. The number of benzene rings is 1. The van der Waals surface area contributed by atoms with Gasteiger partial charge in [0.1, 0.15) is 0 Å². The molecule has 2 heterocycles. The summed E-state index contributed by atoms with van der Waals surface area (Å²) in [6, 6.07) is 6.29. The Morgan fingerprint density at radius 2 is 1.75 bits per heavy atom. The van der Waals surface area contributed by atoms with Crippen LogP contribution in [0.1, 0.15) is 31.1 Å². The lowest BCUT2D eigenvalue weighted by Crippen LogP contribution is -2.32. The zero-order valence-electron chi connectivity index (χ0n) is 10.4. The summed E-state index contributed by atoms with van der Waals surface area (Å²) in [5.41, 5.74) is 0.594. The van der Waals surface area contributed by atoms with E-state index in [0.29, 0.717) is 5.06 Å². The van der Waals surface area contributed by atoms with Gasteiger partial charge in [0, 0.05) is 13.2 Å². The van der Waals surface area contributed by atoms with Crippen molar-refractivity contribution in [3.63, 3.8) is 0 Å². The number of carbonyl (C=O) groups excluding carboxylic acids is 3. The number of aryl methyl sites for hydroxylation is 1. The number of hydroxylamine groups is 2. The van der Waals surface area contributed by atoms with Gasteiger partial charge in [0.2, 0.25) is 0 Å². The predicted molar refractivity (Wildman–Crippen MR) is 65.6 cm³/mol. The van der Waals surface area contributed by atoms with Crippen molar-refractivity contribution in [2.24, 2.45) is 7.05 Å². The lowest BCUT2D eigenvalue weighted by Gasteiger charge is -2.11. The molecule has 2 aromatic rings. The van der Waals surface area contributed by atoms with Crippen LogP contribution in [0.3, 0.4) is 0 Å². The third kappa shape index (κ3) is 1.76. The van der Waals surface area contributed by atoms with Crippen LogP contribution in [-0.2, 0) is 11.9 Å². The summed E-state index contributed by atoms with van der Waals surface area (Å²) in [4.78, 5) is 40.7. The third-order valence-corrected chi connectivity index (χ3v) is 2.87. The number of carbonyl (C=O) groups is 3. The highest BCUT2D eigenvalue weighted by Gasteiger charge is 2.38. The Hall–Kier alpha value is -2.96. The van der Waals surface area contributed by atoms with Crippen molar-refractivity contribution in [2.75, 3.05) is 0 Å². The first kappa shape index (κ1) is 12.1. The molecule has 100 valence electrons. The van der Waals surface area contributed by atoms with Gasteiger partial charge in [-0.1, -0.05) is 17.2 Å². The normalized spacial score (nSPS) is 13.6. The van der Waals surface area contributed by atoms with E-state index in [1.54, 1.807) is 19.2 Å². The molecule has 7 nitrogen and oxygen atoms in total. The van der Waals surface area contributed by atoms with Crippen molar-refractivity contribution in [3.8, 4) is 0 Å². The van der Waals surface area contributed by atoms with Gasteiger partial charge in [0.25, 0.3) is 11.8 Å². The predicted octanol–water partition coefficient (Wildman–Crippen LogP) is 0.788. The maximum atomic E-state index is 12.0. The summed E-state index contributed by atoms with van der Waals surface area (Å²) in [7, 11) is 1.64. The fraction of sp³-hybridized carbons (Fsp3) is 0.0769. The monoisotopic (exact) mass is 271 g/mol. The molecule has 3 rings (SSSR count). The minimum absolute atomic E-state index is 0.157. The van der Waals surface area contributed by atoms with Crippen molar-refractivity contribution >= 4 is 17.8 Å². The number of aromatic nitrogens is 2. The first-order valence-corrected chi connectivity index (χ1v) is 5.76. The van der Waals surface area contributed by atoms with Gasteiger partial charge in [-0.05, 0) is 12.1 Å². The van der Waals surface area contributed by atoms with Crippen LogP contribution in [0, 0.1) is 0 Å².